The van der Waals surface area contributed by atoms with Crippen LogP contribution in [-0.2, 0) is 11.2 Å². The molecule has 2 unspecified atom stereocenters. The zero-order chi connectivity index (χ0) is 16.1. The van der Waals surface area contributed by atoms with E-state index in [1.54, 1.807) is 18.2 Å². The number of aromatic nitrogens is 2. The van der Waals surface area contributed by atoms with Gasteiger partial charge in [-0.1, -0.05) is 49.8 Å². The SMILES string of the molecule is CCC(C)C(N)C(=O)Nc1nnc(Cc2ccccc2F)s1.Cl. The molecule has 23 heavy (non-hydrogen) atoms. The first kappa shape index (κ1) is 19.5. The molecule has 0 fully saturated rings. The van der Waals surface area contributed by atoms with Gasteiger partial charge < -0.3 is 5.73 Å². The van der Waals surface area contributed by atoms with E-state index in [0.717, 1.165) is 6.42 Å². The molecule has 1 aromatic heterocycles. The molecule has 2 rings (SSSR count). The molecule has 1 aromatic carbocycles. The smallest absolute Gasteiger partial charge is 0.243 e. The molecule has 0 spiro atoms. The van der Waals surface area contributed by atoms with Crippen molar-refractivity contribution in [1.29, 1.82) is 0 Å². The van der Waals surface area contributed by atoms with Gasteiger partial charge in [-0.2, -0.15) is 0 Å². The van der Waals surface area contributed by atoms with E-state index in [2.05, 4.69) is 15.5 Å². The van der Waals surface area contributed by atoms with Crippen LogP contribution in [0.4, 0.5) is 9.52 Å². The Bertz CT molecular complexity index is 652. The van der Waals surface area contributed by atoms with Gasteiger partial charge >= 0.3 is 0 Å². The van der Waals surface area contributed by atoms with Gasteiger partial charge in [-0.05, 0) is 17.5 Å². The Morgan fingerprint density at radius 2 is 2.09 bits per heavy atom. The lowest BCUT2D eigenvalue weighted by Crippen LogP contribution is -2.40. The Morgan fingerprint density at radius 1 is 1.39 bits per heavy atom. The van der Waals surface area contributed by atoms with Crippen molar-refractivity contribution in [3.8, 4) is 0 Å². The van der Waals surface area contributed by atoms with Gasteiger partial charge in [0.1, 0.15) is 10.8 Å². The second-order valence-electron chi connectivity index (χ2n) is 5.17. The molecule has 0 aliphatic heterocycles. The molecule has 1 amide bonds. The number of hydrogen-bond acceptors (Lipinski definition) is 5. The molecule has 2 atom stereocenters. The van der Waals surface area contributed by atoms with Crippen LogP contribution in [0, 0.1) is 11.7 Å². The minimum atomic E-state index is -0.580. The number of nitrogens with one attached hydrogen (secondary N) is 1. The van der Waals surface area contributed by atoms with Gasteiger partial charge in [-0.3, -0.25) is 10.1 Å². The third kappa shape index (κ3) is 5.23. The van der Waals surface area contributed by atoms with E-state index in [4.69, 9.17) is 5.73 Å². The van der Waals surface area contributed by atoms with Crippen LogP contribution in [0.15, 0.2) is 24.3 Å². The number of carbonyl (C=O) groups excluding carboxylic acids is 1. The molecule has 8 heteroatoms. The fraction of sp³-hybridized carbons (Fsp3) is 0.400. The summed E-state index contributed by atoms with van der Waals surface area (Å²) in [7, 11) is 0. The predicted octanol–water partition coefficient (Wildman–Crippen LogP) is 3.00. The summed E-state index contributed by atoms with van der Waals surface area (Å²) in [5.41, 5.74) is 6.41. The fourth-order valence-electron chi connectivity index (χ4n) is 1.88. The monoisotopic (exact) mass is 358 g/mol. The summed E-state index contributed by atoms with van der Waals surface area (Å²) in [5.74, 6) is -0.462. The highest BCUT2D eigenvalue weighted by atomic mass is 35.5. The highest BCUT2D eigenvalue weighted by molar-refractivity contribution is 7.15. The third-order valence-corrected chi connectivity index (χ3v) is 4.39. The lowest BCUT2D eigenvalue weighted by Gasteiger charge is -2.16. The van der Waals surface area contributed by atoms with Crippen LogP contribution in [0.3, 0.4) is 0 Å². The lowest BCUT2D eigenvalue weighted by molar-refractivity contribution is -0.118. The number of rotatable bonds is 6. The molecular formula is C15H20ClFN4OS. The number of anilines is 1. The topological polar surface area (TPSA) is 80.9 Å². The van der Waals surface area contributed by atoms with Gasteiger partial charge in [0, 0.05) is 6.42 Å². The highest BCUT2D eigenvalue weighted by Gasteiger charge is 2.20. The zero-order valence-electron chi connectivity index (χ0n) is 13.0. The van der Waals surface area contributed by atoms with E-state index in [9.17, 15) is 9.18 Å². The maximum atomic E-state index is 13.6. The molecule has 3 N–H and O–H groups in total. The van der Waals surface area contributed by atoms with Crippen LogP contribution in [0.25, 0.3) is 0 Å². The summed E-state index contributed by atoms with van der Waals surface area (Å²) in [4.78, 5) is 12.0. The normalized spacial score (nSPS) is 13.0. The average Bonchev–Trinajstić information content (AvgIpc) is 2.95. The first-order valence-electron chi connectivity index (χ1n) is 7.13. The Labute approximate surface area is 144 Å². The van der Waals surface area contributed by atoms with E-state index in [1.165, 1.54) is 17.4 Å². The minimum absolute atomic E-state index is 0. The largest absolute Gasteiger partial charge is 0.320 e. The number of halogens is 2. The maximum Gasteiger partial charge on any atom is 0.243 e. The molecule has 126 valence electrons. The summed E-state index contributed by atoms with van der Waals surface area (Å²) in [6, 6.07) is 5.94. The maximum absolute atomic E-state index is 13.6. The molecule has 0 saturated carbocycles. The number of hydrogen-bond donors (Lipinski definition) is 2. The van der Waals surface area contributed by atoms with Gasteiger partial charge in [0.15, 0.2) is 0 Å². The quantitative estimate of drug-likeness (QED) is 0.831. The van der Waals surface area contributed by atoms with Crippen molar-refractivity contribution in [2.45, 2.75) is 32.7 Å². The van der Waals surface area contributed by atoms with Crippen LogP contribution in [-0.4, -0.2) is 22.1 Å². The summed E-state index contributed by atoms with van der Waals surface area (Å²) in [6.07, 6.45) is 1.17. The molecule has 0 aliphatic carbocycles. The minimum Gasteiger partial charge on any atom is -0.320 e. The van der Waals surface area contributed by atoms with Crippen molar-refractivity contribution < 1.29 is 9.18 Å². The van der Waals surface area contributed by atoms with Crippen LogP contribution in [0.1, 0.15) is 30.8 Å². The Balaban J connectivity index is 0.00000264. The highest BCUT2D eigenvalue weighted by Crippen LogP contribution is 2.20. The number of amides is 1. The van der Waals surface area contributed by atoms with E-state index < -0.39 is 6.04 Å². The van der Waals surface area contributed by atoms with Crippen LogP contribution in [0.5, 0.6) is 0 Å². The van der Waals surface area contributed by atoms with Gasteiger partial charge in [0.25, 0.3) is 0 Å². The molecule has 0 aliphatic rings. The summed E-state index contributed by atoms with van der Waals surface area (Å²) in [6.45, 7) is 3.91. The summed E-state index contributed by atoms with van der Waals surface area (Å²) >= 11 is 1.23. The lowest BCUT2D eigenvalue weighted by atomic mass is 10.00. The first-order chi connectivity index (χ1) is 10.5. The second kappa shape index (κ2) is 8.90. The van der Waals surface area contributed by atoms with Crippen molar-refractivity contribution in [3.05, 3.63) is 40.7 Å². The van der Waals surface area contributed by atoms with Gasteiger partial charge in [-0.15, -0.1) is 22.6 Å². The Hall–Kier alpha value is -1.57. The third-order valence-electron chi connectivity index (χ3n) is 3.56. The van der Waals surface area contributed by atoms with Crippen molar-refractivity contribution in [1.82, 2.24) is 10.2 Å². The van der Waals surface area contributed by atoms with E-state index >= 15 is 0 Å². The van der Waals surface area contributed by atoms with E-state index in [1.807, 2.05) is 13.8 Å². The average molecular weight is 359 g/mol. The molecule has 0 radical (unpaired) electrons. The summed E-state index contributed by atoms with van der Waals surface area (Å²) < 4.78 is 13.6. The van der Waals surface area contributed by atoms with Crippen LogP contribution >= 0.6 is 23.7 Å². The fourth-order valence-corrected chi connectivity index (χ4v) is 2.65. The molecule has 5 nitrogen and oxygen atoms in total. The van der Waals surface area contributed by atoms with Crippen LogP contribution < -0.4 is 11.1 Å². The van der Waals surface area contributed by atoms with Crippen molar-refractivity contribution in [2.24, 2.45) is 11.7 Å². The van der Waals surface area contributed by atoms with Gasteiger partial charge in [0.05, 0.1) is 6.04 Å². The Morgan fingerprint density at radius 3 is 2.74 bits per heavy atom. The van der Waals surface area contributed by atoms with Crippen molar-refractivity contribution in [2.75, 3.05) is 5.32 Å². The van der Waals surface area contributed by atoms with E-state index in [0.29, 0.717) is 22.1 Å². The molecule has 0 saturated heterocycles. The molecule has 1 heterocycles. The molecular weight excluding hydrogens is 339 g/mol. The predicted molar refractivity (Wildman–Crippen MR) is 92.4 cm³/mol. The zero-order valence-corrected chi connectivity index (χ0v) is 14.6. The van der Waals surface area contributed by atoms with Crippen molar-refractivity contribution >= 4 is 34.8 Å². The summed E-state index contributed by atoms with van der Waals surface area (Å²) in [5, 5.41) is 11.6. The number of benzene rings is 1. The van der Waals surface area contributed by atoms with Crippen molar-refractivity contribution in [3.63, 3.8) is 0 Å². The number of nitrogens with zero attached hydrogens (tertiary/aromatic N) is 2. The second-order valence-corrected chi connectivity index (χ2v) is 6.23. The standard InChI is InChI=1S/C15H19FN4OS.ClH/c1-3-9(2)13(17)14(21)18-15-20-19-12(22-15)8-10-6-4-5-7-11(10)16;/h4-7,9,13H,3,8,17H2,1-2H3,(H,18,20,21);1H. The first-order valence-corrected chi connectivity index (χ1v) is 7.95. The number of nitrogens with two attached hydrogens (primary N) is 1. The molecule has 0 bridgehead atoms. The molecule has 2 aromatic rings. The van der Waals surface area contributed by atoms with Gasteiger partial charge in [0.2, 0.25) is 11.0 Å². The number of carbonyl (C=O) groups is 1. The van der Waals surface area contributed by atoms with Gasteiger partial charge in [-0.25, -0.2) is 4.39 Å². The Kier molecular flexibility index (Phi) is 7.54. The van der Waals surface area contributed by atoms with Crippen LogP contribution in [0.2, 0.25) is 0 Å². The van der Waals surface area contributed by atoms with E-state index in [-0.39, 0.29) is 30.0 Å².